The Kier molecular flexibility index (Phi) is 5.92. The first-order valence-electron chi connectivity index (χ1n) is 9.41. The molecule has 0 saturated carbocycles. The van der Waals surface area contributed by atoms with Crippen LogP contribution in [0.5, 0.6) is 0 Å². The van der Waals surface area contributed by atoms with Gasteiger partial charge in [0.2, 0.25) is 0 Å². The summed E-state index contributed by atoms with van der Waals surface area (Å²) < 4.78 is 2.16. The fourth-order valence-electron chi connectivity index (χ4n) is 3.70. The fraction of sp³-hybridized carbons (Fsp3) is 0.476. The summed E-state index contributed by atoms with van der Waals surface area (Å²) in [5.41, 5.74) is 3.30. The normalized spacial score (nSPS) is 16.1. The number of aromatic nitrogens is 1. The highest BCUT2D eigenvalue weighted by atomic mass is 16.1. The van der Waals surface area contributed by atoms with Crippen molar-refractivity contribution < 1.29 is 4.79 Å². The number of rotatable bonds is 7. The van der Waals surface area contributed by atoms with Gasteiger partial charge in [-0.25, -0.2) is 0 Å². The van der Waals surface area contributed by atoms with Crippen molar-refractivity contribution >= 4 is 5.91 Å². The predicted octanol–water partition coefficient (Wildman–Crippen LogP) is 3.54. The second kappa shape index (κ2) is 8.34. The number of nitrogens with zero attached hydrogens (tertiary/aromatic N) is 2. The first-order valence-corrected chi connectivity index (χ1v) is 9.41. The molecule has 1 atom stereocenters. The Labute approximate surface area is 150 Å². The molecule has 1 fully saturated rings. The number of hydrogen-bond donors (Lipinski definition) is 1. The minimum absolute atomic E-state index is 0.0152. The molecule has 1 aliphatic heterocycles. The largest absolute Gasteiger partial charge is 0.353 e. The Balaban J connectivity index is 1.66. The van der Waals surface area contributed by atoms with E-state index < -0.39 is 0 Å². The van der Waals surface area contributed by atoms with E-state index in [1.165, 1.54) is 24.1 Å². The zero-order chi connectivity index (χ0) is 17.6. The van der Waals surface area contributed by atoms with Crippen molar-refractivity contribution in [2.45, 2.75) is 38.6 Å². The second-order valence-corrected chi connectivity index (χ2v) is 6.96. The summed E-state index contributed by atoms with van der Waals surface area (Å²) in [7, 11) is 2.08. The Morgan fingerprint density at radius 1 is 1.16 bits per heavy atom. The number of hydrogen-bond acceptors (Lipinski definition) is 2. The van der Waals surface area contributed by atoms with Gasteiger partial charge in [0.15, 0.2) is 0 Å². The molecule has 2 aromatic rings. The maximum absolute atomic E-state index is 12.6. The second-order valence-electron chi connectivity index (χ2n) is 6.96. The highest BCUT2D eigenvalue weighted by Gasteiger charge is 2.25. The van der Waals surface area contributed by atoms with Gasteiger partial charge < -0.3 is 9.88 Å². The van der Waals surface area contributed by atoms with Gasteiger partial charge in [0.25, 0.3) is 5.91 Å². The van der Waals surface area contributed by atoms with Gasteiger partial charge in [-0.05, 0) is 62.2 Å². The van der Waals surface area contributed by atoms with E-state index in [2.05, 4.69) is 59.2 Å². The molecule has 1 saturated heterocycles. The molecule has 1 aromatic carbocycles. The zero-order valence-electron chi connectivity index (χ0n) is 15.4. The lowest BCUT2D eigenvalue weighted by molar-refractivity contribution is 0.0936. The number of benzene rings is 1. The van der Waals surface area contributed by atoms with Crippen LogP contribution in [0.2, 0.25) is 0 Å². The van der Waals surface area contributed by atoms with Crippen molar-refractivity contribution in [1.29, 1.82) is 0 Å². The van der Waals surface area contributed by atoms with Crippen molar-refractivity contribution in [2.24, 2.45) is 7.05 Å². The van der Waals surface area contributed by atoms with Gasteiger partial charge >= 0.3 is 0 Å². The number of carbonyl (C=O) groups excluding carboxylic acids is 1. The van der Waals surface area contributed by atoms with Crippen LogP contribution < -0.4 is 5.32 Å². The summed E-state index contributed by atoms with van der Waals surface area (Å²) in [6.45, 7) is 5.03. The molecule has 0 aliphatic carbocycles. The molecule has 1 amide bonds. The van der Waals surface area contributed by atoms with Crippen LogP contribution >= 0.6 is 0 Å². The van der Waals surface area contributed by atoms with Gasteiger partial charge in [-0.2, -0.15) is 0 Å². The van der Waals surface area contributed by atoms with E-state index in [0.29, 0.717) is 6.54 Å². The fourth-order valence-corrected chi connectivity index (χ4v) is 3.70. The predicted molar refractivity (Wildman–Crippen MR) is 102 cm³/mol. The Bertz CT molecular complexity index is 683. The molecule has 0 bridgehead atoms. The molecule has 4 heteroatoms. The van der Waals surface area contributed by atoms with Crippen molar-refractivity contribution in [1.82, 2.24) is 14.8 Å². The molecule has 25 heavy (non-hydrogen) atoms. The minimum atomic E-state index is 0.0152. The zero-order valence-corrected chi connectivity index (χ0v) is 15.4. The molecule has 1 unspecified atom stereocenters. The summed E-state index contributed by atoms with van der Waals surface area (Å²) >= 11 is 0. The Morgan fingerprint density at radius 2 is 1.88 bits per heavy atom. The lowest BCUT2D eigenvalue weighted by Gasteiger charge is -2.28. The number of nitrogens with one attached hydrogen (secondary N) is 1. The number of likely N-dealkylation sites (tertiary alicyclic amines) is 1. The van der Waals surface area contributed by atoms with Crippen LogP contribution in [0.4, 0.5) is 0 Å². The number of aryl methyl sites for hydroxylation is 2. The van der Waals surface area contributed by atoms with Crippen molar-refractivity contribution in [3.05, 3.63) is 59.4 Å². The van der Waals surface area contributed by atoms with Gasteiger partial charge in [-0.1, -0.05) is 25.5 Å². The van der Waals surface area contributed by atoms with Crippen LogP contribution in [-0.4, -0.2) is 35.0 Å². The van der Waals surface area contributed by atoms with E-state index in [1.807, 2.05) is 12.1 Å². The molecule has 1 aromatic heterocycles. The molecular weight excluding hydrogens is 310 g/mol. The van der Waals surface area contributed by atoms with Crippen molar-refractivity contribution in [3.8, 4) is 0 Å². The molecule has 4 nitrogen and oxygen atoms in total. The molecule has 2 heterocycles. The highest BCUT2D eigenvalue weighted by molar-refractivity contribution is 5.94. The molecular formula is C21H29N3O. The Hall–Kier alpha value is -2.07. The summed E-state index contributed by atoms with van der Waals surface area (Å²) in [5.74, 6) is 0.0152. The third-order valence-electron chi connectivity index (χ3n) is 5.12. The summed E-state index contributed by atoms with van der Waals surface area (Å²) in [6.07, 6.45) is 6.75. The van der Waals surface area contributed by atoms with Crippen LogP contribution in [-0.2, 0) is 13.5 Å². The maximum Gasteiger partial charge on any atom is 0.251 e. The first-order chi connectivity index (χ1) is 12.2. The summed E-state index contributed by atoms with van der Waals surface area (Å²) in [4.78, 5) is 15.0. The summed E-state index contributed by atoms with van der Waals surface area (Å²) in [5, 5.41) is 3.15. The molecule has 1 aliphatic rings. The standard InChI is InChI=1S/C21H29N3O/c1-3-7-17-9-11-18(12-10-17)21(25)22-16-20(24-14-4-5-15-24)19-8-6-13-23(19)2/h6,8-13,20H,3-5,7,14-16H2,1-2H3,(H,22,25). The van der Waals surface area contributed by atoms with Crippen LogP contribution in [0, 0.1) is 0 Å². The van der Waals surface area contributed by atoms with E-state index in [4.69, 9.17) is 0 Å². The molecule has 0 radical (unpaired) electrons. The maximum atomic E-state index is 12.6. The molecule has 0 spiro atoms. The van der Waals surface area contributed by atoms with Crippen LogP contribution in [0.3, 0.4) is 0 Å². The van der Waals surface area contributed by atoms with Gasteiger partial charge in [-0.15, -0.1) is 0 Å². The minimum Gasteiger partial charge on any atom is -0.353 e. The molecule has 1 N–H and O–H groups in total. The lowest BCUT2D eigenvalue weighted by atomic mass is 10.1. The monoisotopic (exact) mass is 339 g/mol. The number of amides is 1. The quantitative estimate of drug-likeness (QED) is 0.838. The Morgan fingerprint density at radius 3 is 2.48 bits per heavy atom. The first kappa shape index (κ1) is 17.7. The van der Waals surface area contributed by atoms with Crippen LogP contribution in [0.1, 0.15) is 53.8 Å². The van der Waals surface area contributed by atoms with Gasteiger partial charge in [0.05, 0.1) is 6.04 Å². The molecule has 3 rings (SSSR count). The number of carbonyl (C=O) groups is 1. The lowest BCUT2D eigenvalue weighted by Crippen LogP contribution is -2.37. The van der Waals surface area contributed by atoms with Gasteiger partial charge in [0.1, 0.15) is 0 Å². The third-order valence-corrected chi connectivity index (χ3v) is 5.12. The SMILES string of the molecule is CCCc1ccc(C(=O)NCC(c2cccn2C)N2CCCC2)cc1. The topological polar surface area (TPSA) is 37.3 Å². The smallest absolute Gasteiger partial charge is 0.251 e. The van der Waals surface area contributed by atoms with E-state index in [9.17, 15) is 4.79 Å². The van der Waals surface area contributed by atoms with Crippen LogP contribution in [0.25, 0.3) is 0 Å². The average Bonchev–Trinajstić information content (AvgIpc) is 3.29. The van der Waals surface area contributed by atoms with Gasteiger partial charge in [-0.3, -0.25) is 9.69 Å². The van der Waals surface area contributed by atoms with Crippen molar-refractivity contribution in [2.75, 3.05) is 19.6 Å². The van der Waals surface area contributed by atoms with Crippen molar-refractivity contribution in [3.63, 3.8) is 0 Å². The highest BCUT2D eigenvalue weighted by Crippen LogP contribution is 2.24. The van der Waals surface area contributed by atoms with E-state index >= 15 is 0 Å². The summed E-state index contributed by atoms with van der Waals surface area (Å²) in [6, 6.07) is 12.5. The third kappa shape index (κ3) is 4.31. The van der Waals surface area contributed by atoms with Gasteiger partial charge in [0, 0.05) is 31.0 Å². The van der Waals surface area contributed by atoms with E-state index in [-0.39, 0.29) is 11.9 Å². The van der Waals surface area contributed by atoms with E-state index in [0.717, 1.165) is 31.5 Å². The molecule has 134 valence electrons. The van der Waals surface area contributed by atoms with E-state index in [1.54, 1.807) is 0 Å². The average molecular weight is 339 g/mol. The van der Waals surface area contributed by atoms with Crippen LogP contribution in [0.15, 0.2) is 42.6 Å².